The lowest BCUT2D eigenvalue weighted by atomic mass is 9.95. The van der Waals surface area contributed by atoms with Gasteiger partial charge in [-0.3, -0.25) is 4.79 Å². The molecule has 1 amide bonds. The minimum Gasteiger partial charge on any atom is -0.376 e. The highest BCUT2D eigenvalue weighted by molar-refractivity contribution is 7.91. The molecule has 26 heavy (non-hydrogen) atoms. The van der Waals surface area contributed by atoms with Gasteiger partial charge in [-0.1, -0.05) is 48.6 Å². The molecule has 140 valence electrons. The van der Waals surface area contributed by atoms with Gasteiger partial charge in [-0.25, -0.2) is 12.7 Å². The van der Waals surface area contributed by atoms with E-state index in [4.69, 9.17) is 4.74 Å². The number of rotatable bonds is 7. The lowest BCUT2D eigenvalue weighted by molar-refractivity contribution is -0.123. The maximum absolute atomic E-state index is 13.0. The lowest BCUT2D eigenvalue weighted by Gasteiger charge is -2.32. The Kier molecular flexibility index (Phi) is 5.63. The van der Waals surface area contributed by atoms with E-state index in [1.54, 1.807) is 13.0 Å². The van der Waals surface area contributed by atoms with Crippen LogP contribution in [0.5, 0.6) is 0 Å². The van der Waals surface area contributed by atoms with Crippen LogP contribution in [0, 0.1) is 0 Å². The first-order valence-corrected chi connectivity index (χ1v) is 10.4. The quantitative estimate of drug-likeness (QED) is 0.687. The molecule has 0 aromatic heterocycles. The van der Waals surface area contributed by atoms with Crippen LogP contribution in [0.1, 0.15) is 38.2 Å². The SMILES string of the molecule is CC1(S(=O)(=O)N2CCCC2=O)C=C(CCOCc2ccccc2)C=CC1. The van der Waals surface area contributed by atoms with Gasteiger partial charge in [0.25, 0.3) is 0 Å². The summed E-state index contributed by atoms with van der Waals surface area (Å²) < 4.78 is 31.6. The van der Waals surface area contributed by atoms with E-state index in [1.807, 2.05) is 42.5 Å². The van der Waals surface area contributed by atoms with Crippen LogP contribution in [-0.2, 0) is 26.2 Å². The molecule has 5 nitrogen and oxygen atoms in total. The number of ether oxygens (including phenoxy) is 1. The third kappa shape index (κ3) is 3.91. The fraction of sp³-hybridized carbons (Fsp3) is 0.450. The molecular formula is C20H25NO4S. The average Bonchev–Trinajstić information content (AvgIpc) is 3.06. The van der Waals surface area contributed by atoms with Crippen molar-refractivity contribution >= 4 is 15.9 Å². The van der Waals surface area contributed by atoms with Crippen molar-refractivity contribution in [2.24, 2.45) is 0 Å². The number of hydrogen-bond acceptors (Lipinski definition) is 4. The minimum atomic E-state index is -3.70. The second-order valence-corrected chi connectivity index (χ2v) is 9.32. The molecule has 3 rings (SSSR count). The smallest absolute Gasteiger partial charge is 0.246 e. The van der Waals surface area contributed by atoms with E-state index in [1.165, 1.54) is 0 Å². The Labute approximate surface area is 155 Å². The molecule has 0 bridgehead atoms. The van der Waals surface area contributed by atoms with Crippen LogP contribution in [0.15, 0.2) is 54.1 Å². The maximum Gasteiger partial charge on any atom is 0.246 e. The van der Waals surface area contributed by atoms with Gasteiger partial charge in [0.1, 0.15) is 4.75 Å². The third-order valence-corrected chi connectivity index (χ3v) is 7.33. The Bertz CT molecular complexity index is 813. The molecule has 1 aliphatic heterocycles. The van der Waals surface area contributed by atoms with Gasteiger partial charge >= 0.3 is 0 Å². The van der Waals surface area contributed by atoms with Crippen LogP contribution < -0.4 is 0 Å². The van der Waals surface area contributed by atoms with Crippen molar-refractivity contribution in [2.45, 2.75) is 44.0 Å². The Hall–Kier alpha value is -1.92. The molecule has 1 heterocycles. The molecule has 1 aliphatic carbocycles. The third-order valence-electron chi connectivity index (χ3n) is 4.90. The summed E-state index contributed by atoms with van der Waals surface area (Å²) in [4.78, 5) is 11.9. The van der Waals surface area contributed by atoms with Crippen LogP contribution >= 0.6 is 0 Å². The topological polar surface area (TPSA) is 63.7 Å². The van der Waals surface area contributed by atoms with Gasteiger partial charge in [0.05, 0.1) is 13.2 Å². The number of amides is 1. The summed E-state index contributed by atoms with van der Waals surface area (Å²) in [5.41, 5.74) is 2.04. The summed E-state index contributed by atoms with van der Waals surface area (Å²) in [6.07, 6.45) is 7.57. The first-order valence-electron chi connectivity index (χ1n) is 8.97. The second kappa shape index (κ2) is 7.76. The average molecular weight is 375 g/mol. The molecule has 1 fully saturated rings. The highest BCUT2D eigenvalue weighted by Gasteiger charge is 2.45. The van der Waals surface area contributed by atoms with E-state index >= 15 is 0 Å². The van der Waals surface area contributed by atoms with Crippen molar-refractivity contribution in [1.29, 1.82) is 0 Å². The van der Waals surface area contributed by atoms with Crippen LogP contribution in [0.2, 0.25) is 0 Å². The van der Waals surface area contributed by atoms with Gasteiger partial charge in [-0.15, -0.1) is 0 Å². The van der Waals surface area contributed by atoms with Gasteiger partial charge in [-0.2, -0.15) is 0 Å². The van der Waals surface area contributed by atoms with E-state index < -0.39 is 14.8 Å². The van der Waals surface area contributed by atoms with Gasteiger partial charge in [0.2, 0.25) is 15.9 Å². The van der Waals surface area contributed by atoms with Crippen LogP contribution in [0.3, 0.4) is 0 Å². The van der Waals surface area contributed by atoms with Crippen LogP contribution in [0.25, 0.3) is 0 Å². The first-order chi connectivity index (χ1) is 12.4. The predicted octanol–water partition coefficient (Wildman–Crippen LogP) is 3.19. The fourth-order valence-corrected chi connectivity index (χ4v) is 5.20. The number of carbonyl (C=O) groups excluding carboxylic acids is 1. The second-order valence-electron chi connectivity index (χ2n) is 7.00. The monoisotopic (exact) mass is 375 g/mol. The summed E-state index contributed by atoms with van der Waals surface area (Å²) >= 11 is 0. The first kappa shape index (κ1) is 18.9. The van der Waals surface area contributed by atoms with E-state index in [0.717, 1.165) is 15.4 Å². The largest absolute Gasteiger partial charge is 0.376 e. The molecule has 1 aromatic rings. The Balaban J connectivity index is 1.62. The maximum atomic E-state index is 13.0. The minimum absolute atomic E-state index is 0.290. The van der Waals surface area contributed by atoms with Crippen molar-refractivity contribution in [3.05, 3.63) is 59.7 Å². The van der Waals surface area contributed by atoms with E-state index in [2.05, 4.69) is 0 Å². The van der Waals surface area contributed by atoms with E-state index in [9.17, 15) is 13.2 Å². The predicted molar refractivity (Wildman–Crippen MR) is 101 cm³/mol. The highest BCUT2D eigenvalue weighted by Crippen LogP contribution is 2.34. The summed E-state index contributed by atoms with van der Waals surface area (Å²) in [7, 11) is -3.70. The fourth-order valence-electron chi connectivity index (χ4n) is 3.36. The molecule has 2 aliphatic rings. The summed E-state index contributed by atoms with van der Waals surface area (Å²) in [5.74, 6) is -0.290. The Morgan fingerprint density at radius 3 is 2.69 bits per heavy atom. The molecule has 0 radical (unpaired) electrons. The zero-order valence-corrected chi connectivity index (χ0v) is 15.9. The zero-order valence-electron chi connectivity index (χ0n) is 15.1. The van der Waals surface area contributed by atoms with Gasteiger partial charge in [0.15, 0.2) is 0 Å². The van der Waals surface area contributed by atoms with Gasteiger partial charge in [-0.05, 0) is 37.3 Å². The van der Waals surface area contributed by atoms with Crippen molar-refractivity contribution in [2.75, 3.05) is 13.2 Å². The molecule has 1 saturated heterocycles. The Morgan fingerprint density at radius 1 is 1.23 bits per heavy atom. The molecule has 1 unspecified atom stereocenters. The van der Waals surface area contributed by atoms with Gasteiger partial charge in [0, 0.05) is 13.0 Å². The van der Waals surface area contributed by atoms with E-state index in [-0.39, 0.29) is 5.91 Å². The number of benzene rings is 1. The highest BCUT2D eigenvalue weighted by atomic mass is 32.2. The number of hydrogen-bond donors (Lipinski definition) is 0. The standard InChI is InChI=1S/C20H25NO4S/c1-20(26(23,24)21-13-6-10-19(21)22)12-5-9-17(15-20)11-14-25-16-18-7-3-2-4-8-18/h2-5,7-9,15H,6,10-14,16H2,1H3. The molecule has 0 saturated carbocycles. The summed E-state index contributed by atoms with van der Waals surface area (Å²) in [6.45, 7) is 3.05. The van der Waals surface area contributed by atoms with Crippen molar-refractivity contribution in [3.63, 3.8) is 0 Å². The molecule has 6 heteroatoms. The zero-order chi connectivity index (χ0) is 18.6. The molecule has 0 spiro atoms. The Morgan fingerprint density at radius 2 is 2.00 bits per heavy atom. The normalized spacial score (nSPS) is 23.3. The number of nitrogens with zero attached hydrogens (tertiary/aromatic N) is 1. The molecular weight excluding hydrogens is 350 g/mol. The molecule has 1 atom stereocenters. The van der Waals surface area contributed by atoms with E-state index in [0.29, 0.717) is 45.4 Å². The van der Waals surface area contributed by atoms with Crippen molar-refractivity contribution in [3.8, 4) is 0 Å². The van der Waals surface area contributed by atoms with Crippen molar-refractivity contribution < 1.29 is 17.9 Å². The molecule has 1 aromatic carbocycles. The van der Waals surface area contributed by atoms with Crippen LogP contribution in [0.4, 0.5) is 0 Å². The number of allylic oxidation sites excluding steroid dienone is 2. The summed E-state index contributed by atoms with van der Waals surface area (Å²) in [6, 6.07) is 9.93. The van der Waals surface area contributed by atoms with Crippen molar-refractivity contribution in [1.82, 2.24) is 4.31 Å². The number of sulfonamides is 1. The van der Waals surface area contributed by atoms with Gasteiger partial charge < -0.3 is 4.74 Å². The molecule has 0 N–H and O–H groups in total. The number of carbonyl (C=O) groups is 1. The lowest BCUT2D eigenvalue weighted by Crippen LogP contribution is -2.46. The summed E-state index contributed by atoms with van der Waals surface area (Å²) in [5, 5.41) is 0. The van der Waals surface area contributed by atoms with Crippen LogP contribution in [-0.4, -0.2) is 36.5 Å².